The molecule has 5 rings (SSSR count). The molecule has 0 N–H and O–H groups in total. The first kappa shape index (κ1) is 16.9. The van der Waals surface area contributed by atoms with Gasteiger partial charge in [-0.2, -0.15) is 0 Å². The van der Waals surface area contributed by atoms with E-state index in [1.54, 1.807) is 0 Å². The van der Waals surface area contributed by atoms with E-state index in [1.807, 2.05) is 72.5 Å². The number of carbonyl (C=O) groups is 1. The molecule has 0 bridgehead atoms. The van der Waals surface area contributed by atoms with Crippen LogP contribution in [0.25, 0.3) is 21.9 Å². The Hall–Kier alpha value is -3.27. The van der Waals surface area contributed by atoms with Crippen LogP contribution in [-0.4, -0.2) is 18.6 Å². The molecule has 1 aliphatic heterocycles. The first-order valence-electron chi connectivity index (χ1n) is 9.68. The highest BCUT2D eigenvalue weighted by atomic mass is 16.5. The number of fused-ring (bicyclic) bond motifs is 4. The van der Waals surface area contributed by atoms with E-state index in [1.165, 1.54) is 5.56 Å². The van der Waals surface area contributed by atoms with Crippen LogP contribution < -0.4 is 9.64 Å². The fourth-order valence-electron chi connectivity index (χ4n) is 4.02. The Morgan fingerprint density at radius 1 is 1.00 bits per heavy atom. The third-order valence-corrected chi connectivity index (χ3v) is 5.39. The molecule has 4 heteroatoms. The van der Waals surface area contributed by atoms with E-state index < -0.39 is 6.10 Å². The smallest absolute Gasteiger partial charge is 0.267 e. The molecule has 1 atom stereocenters. The van der Waals surface area contributed by atoms with Crippen LogP contribution in [0.3, 0.4) is 0 Å². The molecule has 28 heavy (non-hydrogen) atoms. The van der Waals surface area contributed by atoms with Crippen molar-refractivity contribution in [2.24, 2.45) is 0 Å². The number of amides is 1. The number of hydrogen-bond acceptors (Lipinski definition) is 3. The zero-order chi connectivity index (χ0) is 19.1. The summed E-state index contributed by atoms with van der Waals surface area (Å²) < 4.78 is 11.9. The lowest BCUT2D eigenvalue weighted by Gasteiger charge is -2.31. The van der Waals surface area contributed by atoms with Gasteiger partial charge in [0.05, 0.1) is 0 Å². The topological polar surface area (TPSA) is 42.7 Å². The van der Waals surface area contributed by atoms with Crippen molar-refractivity contribution in [1.82, 2.24) is 0 Å². The van der Waals surface area contributed by atoms with Crippen LogP contribution >= 0.6 is 0 Å². The maximum absolute atomic E-state index is 13.1. The first-order valence-corrected chi connectivity index (χ1v) is 9.68. The van der Waals surface area contributed by atoms with Crippen molar-refractivity contribution in [3.05, 3.63) is 72.3 Å². The Kier molecular flexibility index (Phi) is 4.05. The average Bonchev–Trinajstić information content (AvgIpc) is 3.11. The molecular weight excluding hydrogens is 350 g/mol. The lowest BCUT2D eigenvalue weighted by molar-refractivity contribution is -0.124. The largest absolute Gasteiger partial charge is 0.481 e. The molecule has 1 aromatic heterocycles. The van der Waals surface area contributed by atoms with Crippen LogP contribution in [0.1, 0.15) is 18.9 Å². The predicted octanol–water partition coefficient (Wildman–Crippen LogP) is 5.33. The van der Waals surface area contributed by atoms with Gasteiger partial charge in [0, 0.05) is 23.0 Å². The minimum absolute atomic E-state index is 0.00991. The van der Waals surface area contributed by atoms with Gasteiger partial charge in [-0.1, -0.05) is 36.4 Å². The third kappa shape index (κ3) is 2.82. The van der Waals surface area contributed by atoms with Crippen molar-refractivity contribution < 1.29 is 13.9 Å². The van der Waals surface area contributed by atoms with Gasteiger partial charge in [-0.05, 0) is 55.7 Å². The molecule has 4 aromatic rings. The number of nitrogens with zero attached hydrogens (tertiary/aromatic N) is 1. The number of rotatable bonds is 3. The molecule has 3 aromatic carbocycles. The van der Waals surface area contributed by atoms with Gasteiger partial charge in [-0.15, -0.1) is 0 Å². The molecule has 140 valence electrons. The maximum Gasteiger partial charge on any atom is 0.267 e. The standard InChI is InChI=1S/C24H21NO3/c1-16(24(26)25-14-6-8-17-7-2-4-10-21(17)25)27-18-12-13-23-20(15-18)19-9-3-5-11-22(19)28-23/h2-5,7,9-13,15-16H,6,8,14H2,1H3/t16-/m1/s1. The van der Waals surface area contributed by atoms with Gasteiger partial charge >= 0.3 is 0 Å². The highest BCUT2D eigenvalue weighted by Crippen LogP contribution is 2.32. The van der Waals surface area contributed by atoms with E-state index in [9.17, 15) is 4.79 Å². The van der Waals surface area contributed by atoms with Crippen LogP contribution in [0, 0.1) is 0 Å². The summed E-state index contributed by atoms with van der Waals surface area (Å²) in [6, 6.07) is 21.8. The van der Waals surface area contributed by atoms with Gasteiger partial charge < -0.3 is 14.1 Å². The number of carbonyl (C=O) groups excluding carboxylic acids is 1. The minimum atomic E-state index is -0.568. The van der Waals surface area contributed by atoms with E-state index >= 15 is 0 Å². The lowest BCUT2D eigenvalue weighted by atomic mass is 10.0. The van der Waals surface area contributed by atoms with Gasteiger partial charge in [-0.25, -0.2) is 0 Å². The Morgan fingerprint density at radius 3 is 2.71 bits per heavy atom. The van der Waals surface area contributed by atoms with Crippen LogP contribution in [0.5, 0.6) is 5.75 Å². The Bertz CT molecular complexity index is 1180. The number of benzene rings is 3. The SMILES string of the molecule is C[C@@H](Oc1ccc2oc3ccccc3c2c1)C(=O)N1CCCc2ccccc21. The van der Waals surface area contributed by atoms with Gasteiger partial charge in [0.2, 0.25) is 0 Å². The molecule has 0 unspecified atom stereocenters. The third-order valence-electron chi connectivity index (χ3n) is 5.39. The molecular formula is C24H21NO3. The summed E-state index contributed by atoms with van der Waals surface area (Å²) in [5, 5.41) is 2.04. The van der Waals surface area contributed by atoms with E-state index in [0.717, 1.165) is 47.0 Å². The van der Waals surface area contributed by atoms with Crippen LogP contribution in [0.2, 0.25) is 0 Å². The highest BCUT2D eigenvalue weighted by molar-refractivity contribution is 6.05. The van der Waals surface area contributed by atoms with Crippen LogP contribution in [0.4, 0.5) is 5.69 Å². The zero-order valence-electron chi connectivity index (χ0n) is 15.7. The number of hydrogen-bond donors (Lipinski definition) is 0. The van der Waals surface area contributed by atoms with Crippen molar-refractivity contribution in [2.45, 2.75) is 25.9 Å². The van der Waals surface area contributed by atoms with E-state index in [0.29, 0.717) is 5.75 Å². The number of furan rings is 1. The van der Waals surface area contributed by atoms with Crippen molar-refractivity contribution in [3.63, 3.8) is 0 Å². The van der Waals surface area contributed by atoms with Crippen LogP contribution in [0.15, 0.2) is 71.1 Å². The summed E-state index contributed by atoms with van der Waals surface area (Å²) in [6.07, 6.45) is 1.42. The molecule has 4 nitrogen and oxygen atoms in total. The van der Waals surface area contributed by atoms with E-state index in [-0.39, 0.29) is 5.91 Å². The van der Waals surface area contributed by atoms with E-state index in [2.05, 4.69) is 6.07 Å². The zero-order valence-corrected chi connectivity index (χ0v) is 15.7. The predicted molar refractivity (Wildman–Crippen MR) is 111 cm³/mol. The second-order valence-electron chi connectivity index (χ2n) is 7.24. The maximum atomic E-state index is 13.1. The van der Waals surface area contributed by atoms with E-state index in [4.69, 9.17) is 9.15 Å². The summed E-state index contributed by atoms with van der Waals surface area (Å²) in [5.74, 6) is 0.662. The van der Waals surface area contributed by atoms with Crippen molar-refractivity contribution in [3.8, 4) is 5.75 Å². The second kappa shape index (κ2) is 6.71. The molecule has 0 fully saturated rings. The molecule has 0 saturated carbocycles. The van der Waals surface area contributed by atoms with Crippen molar-refractivity contribution in [1.29, 1.82) is 0 Å². The molecule has 0 saturated heterocycles. The fourth-order valence-corrected chi connectivity index (χ4v) is 4.02. The minimum Gasteiger partial charge on any atom is -0.481 e. The molecule has 1 amide bonds. The second-order valence-corrected chi connectivity index (χ2v) is 7.24. The number of aryl methyl sites for hydroxylation is 1. The molecule has 0 spiro atoms. The van der Waals surface area contributed by atoms with Crippen LogP contribution in [-0.2, 0) is 11.2 Å². The molecule has 1 aliphatic rings. The van der Waals surface area contributed by atoms with Gasteiger partial charge in [0.15, 0.2) is 6.10 Å². The highest BCUT2D eigenvalue weighted by Gasteiger charge is 2.27. The summed E-state index contributed by atoms with van der Waals surface area (Å²) in [6.45, 7) is 2.55. The van der Waals surface area contributed by atoms with Crippen molar-refractivity contribution in [2.75, 3.05) is 11.4 Å². The molecule has 2 heterocycles. The molecule has 0 radical (unpaired) electrons. The van der Waals surface area contributed by atoms with Gasteiger partial charge in [0.1, 0.15) is 16.9 Å². The summed E-state index contributed by atoms with van der Waals surface area (Å²) >= 11 is 0. The monoisotopic (exact) mass is 371 g/mol. The Labute approximate surface area is 163 Å². The number of para-hydroxylation sites is 2. The van der Waals surface area contributed by atoms with Gasteiger partial charge in [-0.3, -0.25) is 4.79 Å². The number of anilines is 1. The number of ether oxygens (including phenoxy) is 1. The quantitative estimate of drug-likeness (QED) is 0.489. The summed E-state index contributed by atoms with van der Waals surface area (Å²) in [5.41, 5.74) is 3.90. The average molecular weight is 371 g/mol. The lowest BCUT2D eigenvalue weighted by Crippen LogP contribution is -2.43. The normalized spacial score (nSPS) is 14.8. The first-order chi connectivity index (χ1) is 13.7. The summed E-state index contributed by atoms with van der Waals surface area (Å²) in [4.78, 5) is 14.9. The molecule has 0 aliphatic carbocycles. The Morgan fingerprint density at radius 2 is 1.79 bits per heavy atom. The Balaban J connectivity index is 1.42. The van der Waals surface area contributed by atoms with Crippen molar-refractivity contribution >= 4 is 33.5 Å². The summed E-state index contributed by atoms with van der Waals surface area (Å²) in [7, 11) is 0. The van der Waals surface area contributed by atoms with Gasteiger partial charge in [0.25, 0.3) is 5.91 Å². The fraction of sp³-hybridized carbons (Fsp3) is 0.208.